The molecular weight excluding hydrogens is 222 g/mol. The molecule has 5 nitrogen and oxygen atoms in total. The summed E-state index contributed by atoms with van der Waals surface area (Å²) in [6.45, 7) is 2.22. The van der Waals surface area contributed by atoms with E-state index in [0.29, 0.717) is 12.2 Å². The van der Waals surface area contributed by atoms with Crippen LogP contribution < -0.4 is 5.32 Å². The van der Waals surface area contributed by atoms with Crippen molar-refractivity contribution in [3.8, 4) is 0 Å². The second kappa shape index (κ2) is 6.00. The van der Waals surface area contributed by atoms with Gasteiger partial charge in [-0.15, -0.1) is 0 Å². The first-order chi connectivity index (χ1) is 8.04. The van der Waals surface area contributed by atoms with E-state index in [4.69, 9.17) is 9.84 Å². The van der Waals surface area contributed by atoms with E-state index >= 15 is 0 Å². The quantitative estimate of drug-likeness (QED) is 0.805. The summed E-state index contributed by atoms with van der Waals surface area (Å²) in [6, 6.07) is 5.77. The smallest absolute Gasteiger partial charge is 0.335 e. The minimum Gasteiger partial charge on any atom is -0.478 e. The number of benzene rings is 1. The van der Waals surface area contributed by atoms with Gasteiger partial charge in [0, 0.05) is 18.7 Å². The van der Waals surface area contributed by atoms with Crippen LogP contribution in [0.2, 0.25) is 0 Å². The maximum atomic E-state index is 11.7. The standard InChI is InChI=1S/C12H15NO4/c1-8(7-17-2)13-11(14)9-4-3-5-10(6-9)12(15)16/h3-6,8H,7H2,1-2H3,(H,13,14)(H,15,16). The van der Waals surface area contributed by atoms with Crippen LogP contribution in [0.15, 0.2) is 24.3 Å². The van der Waals surface area contributed by atoms with E-state index in [-0.39, 0.29) is 17.5 Å². The number of amides is 1. The Hall–Kier alpha value is -1.88. The number of hydrogen-bond acceptors (Lipinski definition) is 3. The molecule has 92 valence electrons. The Kier molecular flexibility index (Phi) is 4.66. The number of carboxylic acid groups (broad SMARTS) is 1. The van der Waals surface area contributed by atoms with Crippen LogP contribution in [-0.4, -0.2) is 36.7 Å². The molecule has 1 atom stereocenters. The Labute approximate surface area is 99.4 Å². The number of carbonyl (C=O) groups excluding carboxylic acids is 1. The third-order valence-corrected chi connectivity index (χ3v) is 2.17. The first-order valence-corrected chi connectivity index (χ1v) is 5.17. The van der Waals surface area contributed by atoms with Gasteiger partial charge in [-0.25, -0.2) is 4.79 Å². The summed E-state index contributed by atoms with van der Waals surface area (Å²) in [5, 5.41) is 11.5. The molecule has 1 aromatic rings. The number of methoxy groups -OCH3 is 1. The van der Waals surface area contributed by atoms with Crippen LogP contribution in [-0.2, 0) is 4.74 Å². The van der Waals surface area contributed by atoms with Crippen molar-refractivity contribution in [1.29, 1.82) is 0 Å². The Morgan fingerprint density at radius 1 is 1.41 bits per heavy atom. The van der Waals surface area contributed by atoms with Gasteiger partial charge in [0.15, 0.2) is 0 Å². The van der Waals surface area contributed by atoms with Crippen molar-refractivity contribution in [3.63, 3.8) is 0 Å². The Morgan fingerprint density at radius 2 is 2.06 bits per heavy atom. The molecule has 0 fully saturated rings. The van der Waals surface area contributed by atoms with Gasteiger partial charge in [-0.3, -0.25) is 4.79 Å². The number of carbonyl (C=O) groups is 2. The minimum atomic E-state index is -1.05. The molecule has 2 N–H and O–H groups in total. The van der Waals surface area contributed by atoms with Crippen molar-refractivity contribution in [3.05, 3.63) is 35.4 Å². The number of rotatable bonds is 5. The van der Waals surface area contributed by atoms with Crippen molar-refractivity contribution >= 4 is 11.9 Å². The highest BCUT2D eigenvalue weighted by Crippen LogP contribution is 2.05. The van der Waals surface area contributed by atoms with E-state index < -0.39 is 5.97 Å². The molecule has 0 bridgehead atoms. The van der Waals surface area contributed by atoms with Gasteiger partial charge in [0.05, 0.1) is 12.2 Å². The van der Waals surface area contributed by atoms with Crippen LogP contribution in [0.3, 0.4) is 0 Å². The summed E-state index contributed by atoms with van der Waals surface area (Å²) < 4.78 is 4.89. The lowest BCUT2D eigenvalue weighted by molar-refractivity contribution is 0.0697. The maximum absolute atomic E-state index is 11.7. The van der Waals surface area contributed by atoms with E-state index in [0.717, 1.165) is 0 Å². The Balaban J connectivity index is 2.75. The van der Waals surface area contributed by atoms with Crippen LogP contribution in [0, 0.1) is 0 Å². The molecule has 17 heavy (non-hydrogen) atoms. The first-order valence-electron chi connectivity index (χ1n) is 5.17. The fourth-order valence-corrected chi connectivity index (χ4v) is 1.39. The van der Waals surface area contributed by atoms with Gasteiger partial charge in [-0.05, 0) is 25.1 Å². The molecule has 0 aromatic heterocycles. The van der Waals surface area contributed by atoms with Gasteiger partial charge >= 0.3 is 5.97 Å². The summed E-state index contributed by atoms with van der Waals surface area (Å²) in [6.07, 6.45) is 0. The van der Waals surface area contributed by atoms with Gasteiger partial charge in [0.2, 0.25) is 0 Å². The van der Waals surface area contributed by atoms with Crippen molar-refractivity contribution in [2.24, 2.45) is 0 Å². The molecule has 0 saturated heterocycles. The van der Waals surface area contributed by atoms with Gasteiger partial charge < -0.3 is 15.2 Å². The molecule has 1 amide bonds. The highest BCUT2D eigenvalue weighted by Gasteiger charge is 2.11. The molecule has 5 heteroatoms. The summed E-state index contributed by atoms with van der Waals surface area (Å²) in [5.41, 5.74) is 0.421. The molecular formula is C12H15NO4. The van der Waals surface area contributed by atoms with E-state index in [2.05, 4.69) is 5.32 Å². The Morgan fingerprint density at radius 3 is 2.65 bits per heavy atom. The lowest BCUT2D eigenvalue weighted by Crippen LogP contribution is -2.35. The number of hydrogen-bond donors (Lipinski definition) is 2. The van der Waals surface area contributed by atoms with Crippen molar-refractivity contribution in [2.45, 2.75) is 13.0 Å². The van der Waals surface area contributed by atoms with E-state index in [9.17, 15) is 9.59 Å². The topological polar surface area (TPSA) is 75.6 Å². The van der Waals surface area contributed by atoms with Crippen LogP contribution in [0.4, 0.5) is 0 Å². The molecule has 1 unspecified atom stereocenters. The normalized spacial score (nSPS) is 11.9. The molecule has 0 radical (unpaired) electrons. The van der Waals surface area contributed by atoms with Gasteiger partial charge in [-0.1, -0.05) is 6.07 Å². The molecule has 0 aliphatic heterocycles. The number of carboxylic acids is 1. The van der Waals surface area contributed by atoms with E-state index in [1.165, 1.54) is 12.1 Å². The van der Waals surface area contributed by atoms with E-state index in [1.807, 2.05) is 6.92 Å². The predicted molar refractivity (Wildman–Crippen MR) is 62.2 cm³/mol. The second-order valence-corrected chi connectivity index (χ2v) is 3.72. The average Bonchev–Trinajstić information content (AvgIpc) is 2.29. The monoisotopic (exact) mass is 237 g/mol. The number of aromatic carboxylic acids is 1. The van der Waals surface area contributed by atoms with Crippen molar-refractivity contribution < 1.29 is 19.4 Å². The highest BCUT2D eigenvalue weighted by atomic mass is 16.5. The summed E-state index contributed by atoms with van der Waals surface area (Å²) in [5.74, 6) is -1.36. The zero-order chi connectivity index (χ0) is 12.8. The van der Waals surface area contributed by atoms with Crippen molar-refractivity contribution in [1.82, 2.24) is 5.32 Å². The Bertz CT molecular complexity index is 417. The number of nitrogens with one attached hydrogen (secondary N) is 1. The third kappa shape index (κ3) is 3.88. The zero-order valence-corrected chi connectivity index (χ0v) is 9.77. The van der Waals surface area contributed by atoms with Crippen LogP contribution in [0.1, 0.15) is 27.6 Å². The molecule has 1 rings (SSSR count). The average molecular weight is 237 g/mol. The lowest BCUT2D eigenvalue weighted by Gasteiger charge is -2.12. The summed E-state index contributed by atoms with van der Waals surface area (Å²) >= 11 is 0. The minimum absolute atomic E-state index is 0.0945. The van der Waals surface area contributed by atoms with Gasteiger partial charge in [0.1, 0.15) is 0 Å². The summed E-state index contributed by atoms with van der Waals surface area (Å²) in [7, 11) is 1.55. The zero-order valence-electron chi connectivity index (χ0n) is 9.77. The first kappa shape index (κ1) is 13.2. The molecule has 0 aliphatic rings. The lowest BCUT2D eigenvalue weighted by atomic mass is 10.1. The molecule has 0 heterocycles. The molecule has 0 spiro atoms. The SMILES string of the molecule is COCC(C)NC(=O)c1cccc(C(=O)O)c1. The predicted octanol–water partition coefficient (Wildman–Crippen LogP) is 1.15. The van der Waals surface area contributed by atoms with Crippen LogP contribution in [0.25, 0.3) is 0 Å². The molecule has 1 aromatic carbocycles. The fourth-order valence-electron chi connectivity index (χ4n) is 1.39. The van der Waals surface area contributed by atoms with Crippen LogP contribution >= 0.6 is 0 Å². The fraction of sp³-hybridized carbons (Fsp3) is 0.333. The molecule has 0 aliphatic carbocycles. The second-order valence-electron chi connectivity index (χ2n) is 3.72. The third-order valence-electron chi connectivity index (χ3n) is 2.17. The van der Waals surface area contributed by atoms with Gasteiger partial charge in [-0.2, -0.15) is 0 Å². The van der Waals surface area contributed by atoms with Gasteiger partial charge in [0.25, 0.3) is 5.91 Å². The highest BCUT2D eigenvalue weighted by molar-refractivity contribution is 5.97. The van der Waals surface area contributed by atoms with Crippen molar-refractivity contribution in [2.75, 3.05) is 13.7 Å². The summed E-state index contributed by atoms with van der Waals surface area (Å²) in [4.78, 5) is 22.5. The molecule has 0 saturated carbocycles. The van der Waals surface area contributed by atoms with E-state index in [1.54, 1.807) is 19.2 Å². The number of ether oxygens (including phenoxy) is 1. The van der Waals surface area contributed by atoms with Crippen LogP contribution in [0.5, 0.6) is 0 Å². The maximum Gasteiger partial charge on any atom is 0.335 e. The largest absolute Gasteiger partial charge is 0.478 e.